The number of methoxy groups -OCH3 is 1. The molecule has 3 rings (SSSR count). The van der Waals surface area contributed by atoms with Crippen LogP contribution in [0.4, 0.5) is 0 Å². The fraction of sp³-hybridized carbons (Fsp3) is 0.333. The number of sulfone groups is 1. The maximum atomic E-state index is 12.4. The average Bonchev–Trinajstić information content (AvgIpc) is 3.12. The molecular formula is C18H19ClN2O5S. The highest BCUT2D eigenvalue weighted by Gasteiger charge is 2.31. The molecule has 7 nitrogen and oxygen atoms in total. The van der Waals surface area contributed by atoms with E-state index in [1.807, 2.05) is 0 Å². The van der Waals surface area contributed by atoms with E-state index in [2.05, 4.69) is 5.10 Å². The topological polar surface area (TPSA) is 98.5 Å². The number of hydrogen-bond donors (Lipinski definition) is 1. The minimum Gasteiger partial charge on any atom is -0.504 e. The van der Waals surface area contributed by atoms with Crippen molar-refractivity contribution in [1.82, 2.24) is 9.78 Å². The first-order chi connectivity index (χ1) is 12.7. The van der Waals surface area contributed by atoms with Crippen LogP contribution in [0.5, 0.6) is 11.5 Å². The van der Waals surface area contributed by atoms with Crippen LogP contribution in [-0.4, -0.2) is 47.7 Å². The predicted molar refractivity (Wildman–Crippen MR) is 102 cm³/mol. The van der Waals surface area contributed by atoms with Crippen LogP contribution in [0.3, 0.4) is 0 Å². The van der Waals surface area contributed by atoms with Crippen LogP contribution >= 0.6 is 11.6 Å². The van der Waals surface area contributed by atoms with Crippen molar-refractivity contribution in [2.75, 3.05) is 18.6 Å². The fourth-order valence-electron chi connectivity index (χ4n) is 3.02. The molecule has 0 saturated carbocycles. The Bertz CT molecular complexity index is 1030. The van der Waals surface area contributed by atoms with Crippen LogP contribution in [-0.2, 0) is 9.84 Å². The Morgan fingerprint density at radius 2 is 2.19 bits per heavy atom. The van der Waals surface area contributed by atoms with Crippen molar-refractivity contribution in [2.24, 2.45) is 0 Å². The Morgan fingerprint density at radius 1 is 1.44 bits per heavy atom. The molecule has 1 aromatic carbocycles. The van der Waals surface area contributed by atoms with Gasteiger partial charge in [-0.1, -0.05) is 11.6 Å². The zero-order valence-corrected chi connectivity index (χ0v) is 16.4. The Balaban J connectivity index is 1.84. The van der Waals surface area contributed by atoms with E-state index >= 15 is 0 Å². The first-order valence-electron chi connectivity index (χ1n) is 8.26. The molecule has 0 spiro atoms. The van der Waals surface area contributed by atoms with Crippen molar-refractivity contribution < 1.29 is 23.1 Å². The number of allylic oxidation sites excluding steroid dienone is 1. The third-order valence-corrected chi connectivity index (χ3v) is 6.62. The molecular weight excluding hydrogens is 392 g/mol. The summed E-state index contributed by atoms with van der Waals surface area (Å²) in [5.74, 6) is 0.00560. The summed E-state index contributed by atoms with van der Waals surface area (Å²) in [6, 6.07) is 4.03. The van der Waals surface area contributed by atoms with Gasteiger partial charge < -0.3 is 9.84 Å². The van der Waals surface area contributed by atoms with Crippen molar-refractivity contribution in [3.05, 3.63) is 46.2 Å². The number of aromatic nitrogens is 2. The van der Waals surface area contributed by atoms with Gasteiger partial charge in [0.2, 0.25) is 0 Å². The second-order valence-electron chi connectivity index (χ2n) is 6.38. The Hall–Kier alpha value is -2.32. The highest BCUT2D eigenvalue weighted by molar-refractivity contribution is 7.91. The van der Waals surface area contributed by atoms with Crippen LogP contribution in [0.15, 0.2) is 24.3 Å². The second kappa shape index (κ2) is 7.36. The number of phenolic OH excluding ortho intramolecular Hbond substituents is 1. The minimum absolute atomic E-state index is 0.0171. The number of ether oxygens (including phenoxy) is 1. The highest BCUT2D eigenvalue weighted by atomic mass is 35.5. The Labute approximate surface area is 162 Å². The molecule has 1 aromatic heterocycles. The van der Waals surface area contributed by atoms with Crippen LogP contribution in [0.25, 0.3) is 6.08 Å². The van der Waals surface area contributed by atoms with Crippen molar-refractivity contribution in [2.45, 2.75) is 19.4 Å². The molecule has 2 heterocycles. The minimum atomic E-state index is -3.06. The van der Waals surface area contributed by atoms with Gasteiger partial charge in [-0.2, -0.15) is 5.10 Å². The molecule has 0 bridgehead atoms. The van der Waals surface area contributed by atoms with Gasteiger partial charge in [0.15, 0.2) is 27.1 Å². The zero-order chi connectivity index (χ0) is 19.8. The highest BCUT2D eigenvalue weighted by Crippen LogP contribution is 2.31. The molecule has 0 unspecified atom stereocenters. The van der Waals surface area contributed by atoms with Crippen LogP contribution in [0.1, 0.15) is 34.1 Å². The van der Waals surface area contributed by atoms with E-state index in [1.54, 1.807) is 13.0 Å². The van der Waals surface area contributed by atoms with E-state index in [4.69, 9.17) is 16.3 Å². The van der Waals surface area contributed by atoms with Gasteiger partial charge in [0.1, 0.15) is 5.15 Å². The Morgan fingerprint density at radius 3 is 2.81 bits per heavy atom. The van der Waals surface area contributed by atoms with Gasteiger partial charge in [-0.05, 0) is 43.7 Å². The molecule has 2 aromatic rings. The van der Waals surface area contributed by atoms with Crippen molar-refractivity contribution in [1.29, 1.82) is 0 Å². The van der Waals surface area contributed by atoms with Gasteiger partial charge >= 0.3 is 0 Å². The average molecular weight is 411 g/mol. The molecule has 1 fully saturated rings. The van der Waals surface area contributed by atoms with E-state index in [9.17, 15) is 18.3 Å². The molecule has 1 saturated heterocycles. The second-order valence-corrected chi connectivity index (χ2v) is 8.96. The van der Waals surface area contributed by atoms with Crippen LogP contribution in [0, 0.1) is 6.92 Å². The molecule has 0 aliphatic carbocycles. The largest absolute Gasteiger partial charge is 0.504 e. The summed E-state index contributed by atoms with van der Waals surface area (Å²) in [7, 11) is -1.66. The SMILES string of the molecule is COc1cc(C(=O)/C=C/c2c(C)nn([C@H]3CCS(=O)(=O)C3)c2Cl)ccc1O. The molecule has 0 radical (unpaired) electrons. The van der Waals surface area contributed by atoms with E-state index in [1.165, 1.54) is 36.1 Å². The van der Waals surface area contributed by atoms with Gasteiger partial charge in [0.05, 0.1) is 30.4 Å². The number of benzene rings is 1. The first kappa shape index (κ1) is 19.4. The fourth-order valence-corrected chi connectivity index (χ4v) is 5.09. The zero-order valence-electron chi connectivity index (χ0n) is 14.8. The first-order valence-corrected chi connectivity index (χ1v) is 10.5. The monoisotopic (exact) mass is 410 g/mol. The van der Waals surface area contributed by atoms with Crippen LogP contribution in [0.2, 0.25) is 5.15 Å². The molecule has 9 heteroatoms. The summed E-state index contributed by atoms with van der Waals surface area (Å²) in [5, 5.41) is 14.3. The lowest BCUT2D eigenvalue weighted by Crippen LogP contribution is -2.12. The predicted octanol–water partition coefficient (Wildman–Crippen LogP) is 2.81. The lowest BCUT2D eigenvalue weighted by molar-refractivity contribution is 0.104. The number of phenols is 1. The van der Waals surface area contributed by atoms with Crippen molar-refractivity contribution in [3.63, 3.8) is 0 Å². The quantitative estimate of drug-likeness (QED) is 0.601. The number of aryl methyl sites for hydroxylation is 1. The molecule has 1 aliphatic rings. The lowest BCUT2D eigenvalue weighted by Gasteiger charge is -2.09. The van der Waals surface area contributed by atoms with Gasteiger partial charge in [0, 0.05) is 11.1 Å². The normalized spacial score (nSPS) is 18.9. The summed E-state index contributed by atoms with van der Waals surface area (Å²) in [4.78, 5) is 12.4. The van der Waals surface area contributed by atoms with E-state index in [-0.39, 0.29) is 34.8 Å². The summed E-state index contributed by atoms with van der Waals surface area (Å²) in [6.45, 7) is 1.75. The third-order valence-electron chi connectivity index (χ3n) is 4.49. The standard InChI is InChI=1S/C18H19ClN2O5S/c1-11-14(18(19)21(20-11)13-7-8-27(24,25)10-13)4-6-15(22)12-3-5-16(23)17(9-12)26-2/h3-6,9,13,23H,7-8,10H2,1-2H3/b6-4+/t13-/m0/s1. The molecule has 27 heavy (non-hydrogen) atoms. The molecule has 144 valence electrons. The van der Waals surface area contributed by atoms with Gasteiger partial charge in [-0.25, -0.2) is 13.1 Å². The number of rotatable bonds is 5. The number of ketones is 1. The maximum absolute atomic E-state index is 12.4. The number of hydrogen-bond acceptors (Lipinski definition) is 6. The van der Waals surface area contributed by atoms with Gasteiger partial charge in [0.25, 0.3) is 0 Å². The number of halogens is 1. The Kier molecular flexibility index (Phi) is 5.30. The van der Waals surface area contributed by atoms with Crippen molar-refractivity contribution in [3.8, 4) is 11.5 Å². The maximum Gasteiger partial charge on any atom is 0.185 e. The molecule has 0 amide bonds. The smallest absolute Gasteiger partial charge is 0.185 e. The van der Waals surface area contributed by atoms with E-state index in [0.717, 1.165) is 0 Å². The third kappa shape index (κ3) is 4.01. The van der Waals surface area contributed by atoms with Crippen LogP contribution < -0.4 is 4.74 Å². The number of aromatic hydroxyl groups is 1. The van der Waals surface area contributed by atoms with Gasteiger partial charge in [-0.3, -0.25) is 4.79 Å². The lowest BCUT2D eigenvalue weighted by atomic mass is 10.1. The summed E-state index contributed by atoms with van der Waals surface area (Å²) < 4.78 is 29.9. The summed E-state index contributed by atoms with van der Waals surface area (Å²) >= 11 is 6.39. The summed E-state index contributed by atoms with van der Waals surface area (Å²) in [6.07, 6.45) is 3.39. The van der Waals surface area contributed by atoms with Gasteiger partial charge in [-0.15, -0.1) is 0 Å². The number of carbonyl (C=O) groups excluding carboxylic acids is 1. The molecule has 1 atom stereocenters. The molecule has 1 aliphatic heterocycles. The van der Waals surface area contributed by atoms with E-state index in [0.29, 0.717) is 28.4 Å². The molecule has 1 N–H and O–H groups in total. The number of nitrogens with zero attached hydrogens (tertiary/aromatic N) is 2. The number of carbonyl (C=O) groups is 1. The van der Waals surface area contributed by atoms with E-state index < -0.39 is 9.84 Å². The van der Waals surface area contributed by atoms with Crippen molar-refractivity contribution >= 4 is 33.3 Å². The summed E-state index contributed by atoms with van der Waals surface area (Å²) in [5.41, 5.74) is 1.53.